The van der Waals surface area contributed by atoms with E-state index >= 15 is 0 Å². The first-order valence-corrected chi connectivity index (χ1v) is 8.58. The van der Waals surface area contributed by atoms with E-state index in [1.807, 2.05) is 17.3 Å². The smallest absolute Gasteiger partial charge is 0.0798 e. The maximum Gasteiger partial charge on any atom is 0.0798 e. The third kappa shape index (κ3) is 3.24. The van der Waals surface area contributed by atoms with Crippen LogP contribution in [0.2, 0.25) is 0 Å². The number of rotatable bonds is 4. The third-order valence-corrected chi connectivity index (χ3v) is 5.93. The molecule has 1 N–H and O–H groups in total. The number of aromatic nitrogens is 1. The molecule has 0 radical (unpaired) electrons. The SMILES string of the molecule is CSC1CCCCC1NC(C)c1scnc1C. The van der Waals surface area contributed by atoms with Crippen LogP contribution in [-0.4, -0.2) is 22.5 Å². The maximum absolute atomic E-state index is 4.34. The first kappa shape index (κ1) is 13.4. The molecule has 96 valence electrons. The molecule has 1 aliphatic rings. The second-order valence-electron chi connectivity index (χ2n) is 4.86. The summed E-state index contributed by atoms with van der Waals surface area (Å²) in [6.07, 6.45) is 7.72. The van der Waals surface area contributed by atoms with E-state index in [1.54, 1.807) is 11.3 Å². The second-order valence-corrected chi connectivity index (χ2v) is 6.82. The van der Waals surface area contributed by atoms with Crippen LogP contribution in [0.25, 0.3) is 0 Å². The lowest BCUT2D eigenvalue weighted by Gasteiger charge is -2.33. The van der Waals surface area contributed by atoms with Crippen LogP contribution in [0, 0.1) is 6.92 Å². The Balaban J connectivity index is 1.97. The van der Waals surface area contributed by atoms with E-state index in [1.165, 1.54) is 36.3 Å². The summed E-state index contributed by atoms with van der Waals surface area (Å²) in [4.78, 5) is 5.74. The fraction of sp³-hybridized carbons (Fsp3) is 0.769. The minimum absolute atomic E-state index is 0.445. The van der Waals surface area contributed by atoms with Gasteiger partial charge < -0.3 is 5.32 Å². The van der Waals surface area contributed by atoms with Gasteiger partial charge in [-0.3, -0.25) is 0 Å². The van der Waals surface area contributed by atoms with E-state index in [0.29, 0.717) is 12.1 Å². The van der Waals surface area contributed by atoms with Gasteiger partial charge in [0.1, 0.15) is 0 Å². The average Bonchev–Trinajstić information content (AvgIpc) is 2.76. The zero-order valence-corrected chi connectivity index (χ0v) is 12.5. The molecule has 1 aromatic rings. The van der Waals surface area contributed by atoms with Gasteiger partial charge in [0, 0.05) is 22.2 Å². The molecule has 2 rings (SSSR count). The summed E-state index contributed by atoms with van der Waals surface area (Å²) in [7, 11) is 0. The van der Waals surface area contributed by atoms with Crippen LogP contribution < -0.4 is 5.32 Å². The summed E-state index contributed by atoms with van der Waals surface area (Å²) in [5, 5.41) is 4.60. The van der Waals surface area contributed by atoms with Crippen molar-refractivity contribution < 1.29 is 0 Å². The molecule has 4 heteroatoms. The Morgan fingerprint density at radius 3 is 2.88 bits per heavy atom. The standard InChI is InChI=1S/C13H22N2S2/c1-9-13(17-8-14-9)10(2)15-11-6-4-5-7-12(11)16-3/h8,10-12,15H,4-7H2,1-3H3. The second kappa shape index (κ2) is 6.21. The fourth-order valence-electron chi connectivity index (χ4n) is 2.69. The van der Waals surface area contributed by atoms with E-state index in [-0.39, 0.29) is 0 Å². The van der Waals surface area contributed by atoms with Crippen LogP contribution in [0.4, 0.5) is 0 Å². The van der Waals surface area contributed by atoms with Crippen molar-refractivity contribution in [2.45, 2.75) is 56.9 Å². The summed E-state index contributed by atoms with van der Waals surface area (Å²) in [6.45, 7) is 4.38. The van der Waals surface area contributed by atoms with Gasteiger partial charge in [-0.15, -0.1) is 11.3 Å². The van der Waals surface area contributed by atoms with Crippen molar-refractivity contribution in [2.75, 3.05) is 6.26 Å². The molecule has 0 aliphatic heterocycles. The summed E-state index contributed by atoms with van der Waals surface area (Å²) < 4.78 is 0. The molecule has 0 spiro atoms. The highest BCUT2D eigenvalue weighted by Crippen LogP contribution is 2.30. The molecule has 3 unspecified atom stereocenters. The van der Waals surface area contributed by atoms with Gasteiger partial charge in [-0.25, -0.2) is 4.98 Å². The molecule has 1 aromatic heterocycles. The van der Waals surface area contributed by atoms with Crippen molar-refractivity contribution in [3.8, 4) is 0 Å². The molecule has 17 heavy (non-hydrogen) atoms. The van der Waals surface area contributed by atoms with Gasteiger partial charge in [0.2, 0.25) is 0 Å². The molecule has 1 heterocycles. The lowest BCUT2D eigenvalue weighted by molar-refractivity contribution is 0.357. The van der Waals surface area contributed by atoms with E-state index in [0.717, 1.165) is 5.25 Å². The number of aryl methyl sites for hydroxylation is 1. The predicted molar refractivity (Wildman–Crippen MR) is 78.0 cm³/mol. The van der Waals surface area contributed by atoms with Gasteiger partial charge in [0.25, 0.3) is 0 Å². The Bertz CT molecular complexity index is 351. The number of hydrogen-bond donors (Lipinski definition) is 1. The predicted octanol–water partition coefficient (Wildman–Crippen LogP) is 3.78. The molecule has 0 saturated heterocycles. The summed E-state index contributed by atoms with van der Waals surface area (Å²) in [5.41, 5.74) is 3.14. The molecule has 0 amide bonds. The summed E-state index contributed by atoms with van der Waals surface area (Å²) in [5.74, 6) is 0. The third-order valence-electron chi connectivity index (χ3n) is 3.65. The largest absolute Gasteiger partial charge is 0.306 e. The van der Waals surface area contributed by atoms with E-state index in [9.17, 15) is 0 Å². The molecule has 1 fully saturated rings. The van der Waals surface area contributed by atoms with Gasteiger partial charge in [-0.1, -0.05) is 12.8 Å². The Labute approximate surface area is 113 Å². The van der Waals surface area contributed by atoms with Crippen molar-refractivity contribution in [3.05, 3.63) is 16.1 Å². The molecule has 0 aromatic carbocycles. The van der Waals surface area contributed by atoms with Crippen LogP contribution in [0.15, 0.2) is 5.51 Å². The average molecular weight is 270 g/mol. The zero-order valence-electron chi connectivity index (χ0n) is 10.9. The van der Waals surface area contributed by atoms with Gasteiger partial charge in [-0.05, 0) is 32.9 Å². The number of thiazole rings is 1. The maximum atomic E-state index is 4.34. The van der Waals surface area contributed by atoms with Crippen LogP contribution >= 0.6 is 23.1 Å². The van der Waals surface area contributed by atoms with Crippen LogP contribution in [0.1, 0.15) is 49.2 Å². The normalized spacial score (nSPS) is 27.0. The van der Waals surface area contributed by atoms with Crippen LogP contribution in [0.3, 0.4) is 0 Å². The van der Waals surface area contributed by atoms with E-state index in [2.05, 4.69) is 30.4 Å². The minimum atomic E-state index is 0.445. The number of thioether (sulfide) groups is 1. The van der Waals surface area contributed by atoms with Crippen LogP contribution in [-0.2, 0) is 0 Å². The molecule has 0 bridgehead atoms. The molecule has 1 saturated carbocycles. The quantitative estimate of drug-likeness (QED) is 0.901. The Kier molecular flexibility index (Phi) is 4.88. The van der Waals surface area contributed by atoms with Crippen molar-refractivity contribution in [3.63, 3.8) is 0 Å². The van der Waals surface area contributed by atoms with Crippen LogP contribution in [0.5, 0.6) is 0 Å². The lowest BCUT2D eigenvalue weighted by Crippen LogP contribution is -2.41. The molecule has 1 aliphatic carbocycles. The van der Waals surface area contributed by atoms with Gasteiger partial charge in [0.05, 0.1) is 11.2 Å². The Morgan fingerprint density at radius 2 is 2.24 bits per heavy atom. The topological polar surface area (TPSA) is 24.9 Å². The van der Waals surface area contributed by atoms with Gasteiger partial charge >= 0.3 is 0 Å². The number of nitrogens with zero attached hydrogens (tertiary/aromatic N) is 1. The van der Waals surface area contributed by atoms with Crippen molar-refractivity contribution in [2.24, 2.45) is 0 Å². The fourth-order valence-corrected chi connectivity index (χ4v) is 4.46. The monoisotopic (exact) mass is 270 g/mol. The molecule has 2 nitrogen and oxygen atoms in total. The van der Waals surface area contributed by atoms with E-state index < -0.39 is 0 Å². The minimum Gasteiger partial charge on any atom is -0.306 e. The van der Waals surface area contributed by atoms with Crippen molar-refractivity contribution in [1.82, 2.24) is 10.3 Å². The van der Waals surface area contributed by atoms with Gasteiger partial charge in [-0.2, -0.15) is 11.8 Å². The van der Waals surface area contributed by atoms with Crippen molar-refractivity contribution in [1.29, 1.82) is 0 Å². The highest BCUT2D eigenvalue weighted by Gasteiger charge is 2.26. The molecule has 3 atom stereocenters. The highest BCUT2D eigenvalue weighted by atomic mass is 32.2. The zero-order chi connectivity index (χ0) is 12.3. The first-order chi connectivity index (χ1) is 8.22. The number of nitrogens with one attached hydrogen (secondary N) is 1. The Hall–Kier alpha value is -0.0600. The van der Waals surface area contributed by atoms with Gasteiger partial charge in [0.15, 0.2) is 0 Å². The molecular formula is C13H22N2S2. The summed E-state index contributed by atoms with van der Waals surface area (Å²) in [6, 6.07) is 1.12. The lowest BCUT2D eigenvalue weighted by atomic mass is 9.94. The Morgan fingerprint density at radius 1 is 1.47 bits per heavy atom. The number of hydrogen-bond acceptors (Lipinski definition) is 4. The first-order valence-electron chi connectivity index (χ1n) is 6.41. The summed E-state index contributed by atoms with van der Waals surface area (Å²) >= 11 is 3.80. The highest BCUT2D eigenvalue weighted by molar-refractivity contribution is 7.99. The van der Waals surface area contributed by atoms with Crippen molar-refractivity contribution >= 4 is 23.1 Å². The van der Waals surface area contributed by atoms with E-state index in [4.69, 9.17) is 0 Å². The molecular weight excluding hydrogens is 248 g/mol.